The van der Waals surface area contributed by atoms with Gasteiger partial charge in [0.15, 0.2) is 0 Å². The van der Waals surface area contributed by atoms with Crippen LogP contribution in [-0.4, -0.2) is 45.4 Å². The predicted octanol–water partition coefficient (Wildman–Crippen LogP) is 4.56. The molecule has 34 heavy (non-hydrogen) atoms. The number of halogens is 1. The highest BCUT2D eigenvalue weighted by Gasteiger charge is 2.27. The van der Waals surface area contributed by atoms with Crippen molar-refractivity contribution in [3.8, 4) is 0 Å². The first-order chi connectivity index (χ1) is 16.3. The van der Waals surface area contributed by atoms with E-state index in [0.717, 1.165) is 31.5 Å². The number of nitrogens with zero attached hydrogens (tertiary/aromatic N) is 2. The van der Waals surface area contributed by atoms with Gasteiger partial charge in [0.1, 0.15) is 0 Å². The van der Waals surface area contributed by atoms with E-state index in [-0.39, 0.29) is 23.4 Å². The molecule has 3 aromatic rings. The van der Waals surface area contributed by atoms with Crippen molar-refractivity contribution in [2.45, 2.75) is 30.3 Å². The Morgan fingerprint density at radius 1 is 1.00 bits per heavy atom. The smallest absolute Gasteiger partial charge is 0.264 e. The van der Waals surface area contributed by atoms with Crippen LogP contribution < -0.4 is 9.62 Å². The minimum atomic E-state index is -3.96. The van der Waals surface area contributed by atoms with Gasteiger partial charge in [-0.2, -0.15) is 0 Å². The fourth-order valence-electron chi connectivity index (χ4n) is 4.02. The molecule has 1 fully saturated rings. The van der Waals surface area contributed by atoms with E-state index in [2.05, 4.69) is 17.3 Å². The molecule has 1 amide bonds. The zero-order chi connectivity index (χ0) is 24.1. The number of carbonyl (C=O) groups is 1. The standard InChI is InChI=1S/C26H28ClN3O3S/c1-29-16-14-23(15-17-29)28-26(31)21-8-5-9-25(18-21)34(32,33)30(19-20-6-3-2-4-7-20)24-12-10-22(27)11-13-24/h2-13,18,23H,14-17,19H2,1H3,(H,28,31). The number of hydrogen-bond acceptors (Lipinski definition) is 4. The van der Waals surface area contributed by atoms with Crippen LogP contribution in [0.15, 0.2) is 83.8 Å². The zero-order valence-electron chi connectivity index (χ0n) is 19.0. The van der Waals surface area contributed by atoms with Gasteiger partial charge in [-0.1, -0.05) is 48.0 Å². The lowest BCUT2D eigenvalue weighted by molar-refractivity contribution is 0.0916. The fraction of sp³-hybridized carbons (Fsp3) is 0.269. The fourth-order valence-corrected chi connectivity index (χ4v) is 5.64. The summed E-state index contributed by atoms with van der Waals surface area (Å²) < 4.78 is 28.9. The van der Waals surface area contributed by atoms with Gasteiger partial charge in [0, 0.05) is 16.6 Å². The van der Waals surface area contributed by atoms with Gasteiger partial charge in [-0.15, -0.1) is 0 Å². The Morgan fingerprint density at radius 3 is 2.35 bits per heavy atom. The van der Waals surface area contributed by atoms with Gasteiger partial charge in [0.05, 0.1) is 17.1 Å². The quantitative estimate of drug-likeness (QED) is 0.519. The van der Waals surface area contributed by atoms with Crippen molar-refractivity contribution in [2.75, 3.05) is 24.4 Å². The molecule has 1 saturated heterocycles. The summed E-state index contributed by atoms with van der Waals surface area (Å²) in [7, 11) is -1.89. The van der Waals surface area contributed by atoms with Crippen molar-refractivity contribution in [3.05, 3.63) is 95.0 Å². The van der Waals surface area contributed by atoms with Crippen LogP contribution in [-0.2, 0) is 16.6 Å². The second-order valence-electron chi connectivity index (χ2n) is 8.55. The Kier molecular flexibility index (Phi) is 7.56. The van der Waals surface area contributed by atoms with Crippen molar-refractivity contribution in [2.24, 2.45) is 0 Å². The van der Waals surface area contributed by atoms with Crippen LogP contribution in [0.3, 0.4) is 0 Å². The Balaban J connectivity index is 1.62. The van der Waals surface area contributed by atoms with Gasteiger partial charge >= 0.3 is 0 Å². The maximum atomic E-state index is 13.8. The van der Waals surface area contributed by atoms with Crippen LogP contribution in [0.2, 0.25) is 5.02 Å². The molecule has 4 rings (SSSR count). The van der Waals surface area contributed by atoms with Gasteiger partial charge in [-0.05, 0) is 81.0 Å². The van der Waals surface area contributed by atoms with E-state index in [0.29, 0.717) is 16.3 Å². The molecule has 1 heterocycles. The summed E-state index contributed by atoms with van der Waals surface area (Å²) in [5, 5.41) is 3.57. The minimum Gasteiger partial charge on any atom is -0.349 e. The third-order valence-electron chi connectivity index (χ3n) is 6.02. The topological polar surface area (TPSA) is 69.7 Å². The molecular formula is C26H28ClN3O3S. The monoisotopic (exact) mass is 497 g/mol. The molecule has 3 aromatic carbocycles. The van der Waals surface area contributed by atoms with Crippen LogP contribution in [0.1, 0.15) is 28.8 Å². The molecule has 0 aromatic heterocycles. The lowest BCUT2D eigenvalue weighted by Crippen LogP contribution is -2.43. The second kappa shape index (κ2) is 10.6. The van der Waals surface area contributed by atoms with Gasteiger partial charge in [0.25, 0.3) is 15.9 Å². The number of anilines is 1. The molecule has 0 atom stereocenters. The first-order valence-electron chi connectivity index (χ1n) is 11.2. The molecule has 1 aliphatic rings. The lowest BCUT2D eigenvalue weighted by Gasteiger charge is -2.29. The van der Waals surface area contributed by atoms with Gasteiger partial charge in [-0.25, -0.2) is 8.42 Å². The number of carbonyl (C=O) groups excluding carboxylic acids is 1. The largest absolute Gasteiger partial charge is 0.349 e. The van der Waals surface area contributed by atoms with E-state index >= 15 is 0 Å². The molecule has 0 radical (unpaired) electrons. The van der Waals surface area contributed by atoms with Crippen molar-refractivity contribution >= 4 is 33.2 Å². The Hall–Kier alpha value is -2.87. The molecule has 6 nitrogen and oxygen atoms in total. The summed E-state index contributed by atoms with van der Waals surface area (Å²) in [6, 6.07) is 22.4. The maximum Gasteiger partial charge on any atom is 0.264 e. The van der Waals surface area contributed by atoms with E-state index in [1.165, 1.54) is 16.4 Å². The number of amides is 1. The van der Waals surface area contributed by atoms with Crippen LogP contribution in [0.25, 0.3) is 0 Å². The summed E-state index contributed by atoms with van der Waals surface area (Å²) in [5.74, 6) is -0.257. The van der Waals surface area contributed by atoms with Crippen LogP contribution in [0, 0.1) is 0 Å². The molecule has 0 saturated carbocycles. The Labute approximate surface area is 206 Å². The van der Waals surface area contributed by atoms with Gasteiger partial charge in [-0.3, -0.25) is 9.10 Å². The van der Waals surface area contributed by atoms with E-state index in [4.69, 9.17) is 11.6 Å². The molecule has 1 N–H and O–H groups in total. The van der Waals surface area contributed by atoms with E-state index in [1.807, 2.05) is 30.3 Å². The number of sulfonamides is 1. The second-order valence-corrected chi connectivity index (χ2v) is 10.9. The summed E-state index contributed by atoms with van der Waals surface area (Å²) in [6.45, 7) is 2.00. The lowest BCUT2D eigenvalue weighted by atomic mass is 10.0. The molecule has 8 heteroatoms. The number of hydrogen-bond donors (Lipinski definition) is 1. The van der Waals surface area contributed by atoms with Crippen molar-refractivity contribution in [3.63, 3.8) is 0 Å². The highest BCUT2D eigenvalue weighted by molar-refractivity contribution is 7.92. The number of likely N-dealkylation sites (tertiary alicyclic amines) is 1. The summed E-state index contributed by atoms with van der Waals surface area (Å²) in [4.78, 5) is 15.2. The van der Waals surface area contributed by atoms with Crippen LogP contribution >= 0.6 is 11.6 Å². The number of benzene rings is 3. The molecule has 0 spiro atoms. The Bertz CT molecular complexity index is 1230. The van der Waals surface area contributed by atoms with Crippen molar-refractivity contribution in [1.82, 2.24) is 10.2 Å². The normalized spacial score (nSPS) is 15.1. The summed E-state index contributed by atoms with van der Waals surface area (Å²) >= 11 is 6.04. The molecule has 1 aliphatic heterocycles. The average Bonchev–Trinajstić information content (AvgIpc) is 2.85. The first-order valence-corrected chi connectivity index (χ1v) is 13.1. The number of rotatable bonds is 7. The SMILES string of the molecule is CN1CCC(NC(=O)c2cccc(S(=O)(=O)N(Cc3ccccc3)c3ccc(Cl)cc3)c2)CC1. The van der Waals surface area contributed by atoms with Gasteiger partial charge < -0.3 is 10.2 Å². The average molecular weight is 498 g/mol. The van der Waals surface area contributed by atoms with Crippen LogP contribution in [0.5, 0.6) is 0 Å². The highest BCUT2D eigenvalue weighted by atomic mass is 35.5. The van der Waals surface area contributed by atoms with Gasteiger partial charge in [0.2, 0.25) is 0 Å². The van der Waals surface area contributed by atoms with Crippen LogP contribution in [0.4, 0.5) is 5.69 Å². The third kappa shape index (κ3) is 5.78. The molecule has 0 aliphatic carbocycles. The van der Waals surface area contributed by atoms with Crippen molar-refractivity contribution < 1.29 is 13.2 Å². The molecule has 178 valence electrons. The number of piperidine rings is 1. The van der Waals surface area contributed by atoms with E-state index < -0.39 is 10.0 Å². The van der Waals surface area contributed by atoms with E-state index in [9.17, 15) is 13.2 Å². The first kappa shape index (κ1) is 24.3. The minimum absolute atomic E-state index is 0.0643. The molecular weight excluding hydrogens is 470 g/mol. The zero-order valence-corrected chi connectivity index (χ0v) is 20.6. The summed E-state index contributed by atoms with van der Waals surface area (Å²) in [6.07, 6.45) is 1.75. The molecule has 0 bridgehead atoms. The molecule has 0 unspecified atom stereocenters. The predicted molar refractivity (Wildman–Crippen MR) is 136 cm³/mol. The summed E-state index contributed by atoms with van der Waals surface area (Å²) in [5.41, 5.74) is 1.67. The maximum absolute atomic E-state index is 13.8. The Morgan fingerprint density at radius 2 is 1.68 bits per heavy atom. The number of nitrogens with one attached hydrogen (secondary N) is 1. The third-order valence-corrected chi connectivity index (χ3v) is 8.04. The van der Waals surface area contributed by atoms with E-state index in [1.54, 1.807) is 36.4 Å². The van der Waals surface area contributed by atoms with Crippen molar-refractivity contribution in [1.29, 1.82) is 0 Å². The highest BCUT2D eigenvalue weighted by Crippen LogP contribution is 2.28.